The maximum Gasteiger partial charge on any atom is 0.0867 e. The molecule has 1 fully saturated rings. The Morgan fingerprint density at radius 1 is 0.962 bits per heavy atom. The molecular formula is C24H31BrSi. The molecule has 0 unspecified atom stereocenters. The number of hydrogen-bond donors (Lipinski definition) is 0. The van der Waals surface area contributed by atoms with Gasteiger partial charge in [0.25, 0.3) is 0 Å². The lowest BCUT2D eigenvalue weighted by Gasteiger charge is -2.38. The molecule has 0 atom stereocenters. The van der Waals surface area contributed by atoms with Gasteiger partial charge in [0, 0.05) is 4.47 Å². The van der Waals surface area contributed by atoms with Crippen molar-refractivity contribution in [2.24, 2.45) is 5.92 Å². The predicted molar refractivity (Wildman–Crippen MR) is 122 cm³/mol. The number of allylic oxidation sites excluding steroid dienone is 1. The molecular weight excluding hydrogens is 396 g/mol. The van der Waals surface area contributed by atoms with Crippen molar-refractivity contribution in [3.8, 4) is 0 Å². The third-order valence-corrected chi connectivity index (χ3v) is 12.0. The summed E-state index contributed by atoms with van der Waals surface area (Å²) in [6.45, 7) is 2.32. The Labute approximate surface area is 168 Å². The van der Waals surface area contributed by atoms with Crippen molar-refractivity contribution in [2.45, 2.75) is 57.2 Å². The van der Waals surface area contributed by atoms with Crippen LogP contribution in [0.5, 0.6) is 0 Å². The Hall–Kier alpha value is -1.12. The normalized spacial score (nSPS) is 23.4. The summed E-state index contributed by atoms with van der Waals surface area (Å²) in [7, 11) is -1.29. The van der Waals surface area contributed by atoms with Gasteiger partial charge in [-0.1, -0.05) is 120 Å². The van der Waals surface area contributed by atoms with E-state index in [-0.39, 0.29) is 0 Å². The third-order valence-electron chi connectivity index (χ3n) is 6.06. The molecule has 2 heteroatoms. The first-order valence-corrected chi connectivity index (χ1v) is 13.6. The van der Waals surface area contributed by atoms with Gasteiger partial charge in [-0.15, -0.1) is 0 Å². The van der Waals surface area contributed by atoms with Crippen LogP contribution in [-0.4, -0.2) is 8.07 Å². The second kappa shape index (κ2) is 9.71. The van der Waals surface area contributed by atoms with Crippen LogP contribution in [0.25, 0.3) is 6.08 Å². The highest BCUT2D eigenvalue weighted by Crippen LogP contribution is 2.37. The van der Waals surface area contributed by atoms with Crippen molar-refractivity contribution in [1.82, 2.24) is 0 Å². The molecule has 0 aromatic heterocycles. The average Bonchev–Trinajstić information content (AvgIpc) is 2.69. The van der Waals surface area contributed by atoms with Crippen LogP contribution in [0.3, 0.4) is 0 Å². The fourth-order valence-corrected chi connectivity index (χ4v) is 9.95. The molecule has 0 aliphatic carbocycles. The van der Waals surface area contributed by atoms with E-state index in [9.17, 15) is 0 Å². The molecule has 0 amide bonds. The summed E-state index contributed by atoms with van der Waals surface area (Å²) in [6, 6.07) is 24.6. The topological polar surface area (TPSA) is 0 Å². The van der Waals surface area contributed by atoms with Crippen LogP contribution < -0.4 is 5.19 Å². The van der Waals surface area contributed by atoms with Gasteiger partial charge >= 0.3 is 0 Å². The van der Waals surface area contributed by atoms with Crippen molar-refractivity contribution in [3.05, 3.63) is 70.7 Å². The Morgan fingerprint density at radius 2 is 1.65 bits per heavy atom. The average molecular weight is 428 g/mol. The molecule has 0 saturated carbocycles. The Balaban J connectivity index is 1.65. The number of hydrogen-bond acceptors (Lipinski definition) is 0. The molecule has 0 spiro atoms. The van der Waals surface area contributed by atoms with Crippen LogP contribution >= 0.6 is 15.9 Å². The monoisotopic (exact) mass is 426 g/mol. The van der Waals surface area contributed by atoms with Crippen LogP contribution in [-0.2, 0) is 0 Å². The number of halogens is 1. The SMILES string of the molecule is CCCCC[Si]1(c2ccccc2)CCC(C=Cc2ccc(Br)cc2)CC1. The molecule has 1 aliphatic heterocycles. The maximum absolute atomic E-state index is 3.51. The van der Waals surface area contributed by atoms with Crippen molar-refractivity contribution < 1.29 is 0 Å². The summed E-state index contributed by atoms with van der Waals surface area (Å²) in [6.07, 6.45) is 11.7. The van der Waals surface area contributed by atoms with E-state index < -0.39 is 8.07 Å². The zero-order valence-corrected chi connectivity index (χ0v) is 18.5. The summed E-state index contributed by atoms with van der Waals surface area (Å²) in [5, 5.41) is 1.71. The third kappa shape index (κ3) is 5.20. The summed E-state index contributed by atoms with van der Waals surface area (Å²) >= 11 is 3.51. The Bertz CT molecular complexity index is 682. The second-order valence-corrected chi connectivity index (χ2v) is 13.4. The summed E-state index contributed by atoms with van der Waals surface area (Å²) in [5.74, 6) is 0.758. The van der Waals surface area contributed by atoms with E-state index in [1.807, 2.05) is 0 Å². The largest absolute Gasteiger partial charge is 0.0867 e. The van der Waals surface area contributed by atoms with Crippen molar-refractivity contribution in [1.29, 1.82) is 0 Å². The van der Waals surface area contributed by atoms with Crippen LogP contribution in [0.15, 0.2) is 65.1 Å². The van der Waals surface area contributed by atoms with E-state index in [0.29, 0.717) is 0 Å². The highest BCUT2D eigenvalue weighted by Gasteiger charge is 2.37. The Morgan fingerprint density at radius 3 is 2.31 bits per heavy atom. The maximum atomic E-state index is 3.51. The zero-order chi connectivity index (χ0) is 18.2. The fourth-order valence-electron chi connectivity index (χ4n) is 4.39. The first-order chi connectivity index (χ1) is 12.7. The number of benzene rings is 2. The molecule has 0 radical (unpaired) electrons. The lowest BCUT2D eigenvalue weighted by molar-refractivity contribution is 0.567. The van der Waals surface area contributed by atoms with Gasteiger partial charge in [0.05, 0.1) is 8.07 Å². The molecule has 3 rings (SSSR count). The summed E-state index contributed by atoms with van der Waals surface area (Å²) in [5.41, 5.74) is 1.31. The summed E-state index contributed by atoms with van der Waals surface area (Å²) < 4.78 is 1.15. The first kappa shape index (κ1) is 19.6. The van der Waals surface area contributed by atoms with E-state index in [4.69, 9.17) is 0 Å². The minimum atomic E-state index is -1.29. The minimum Gasteiger partial charge on any atom is -0.0808 e. The van der Waals surface area contributed by atoms with Crippen LogP contribution in [0, 0.1) is 5.92 Å². The van der Waals surface area contributed by atoms with E-state index in [0.717, 1.165) is 10.4 Å². The molecule has 2 aromatic rings. The van der Waals surface area contributed by atoms with Crippen molar-refractivity contribution in [2.75, 3.05) is 0 Å². The molecule has 1 aliphatic rings. The second-order valence-electron chi connectivity index (χ2n) is 7.85. The number of unbranched alkanes of at least 4 members (excludes halogenated alkanes) is 2. The first-order valence-electron chi connectivity index (χ1n) is 10.2. The molecule has 0 N–H and O–H groups in total. The van der Waals surface area contributed by atoms with Gasteiger partial charge in [-0.25, -0.2) is 0 Å². The molecule has 1 heterocycles. The molecule has 26 heavy (non-hydrogen) atoms. The lowest BCUT2D eigenvalue weighted by Crippen LogP contribution is -2.49. The van der Waals surface area contributed by atoms with E-state index in [1.54, 1.807) is 5.19 Å². The standard InChI is InChI=1S/C24H31BrSi/c1-2-3-7-18-26(24-8-5-4-6-9-24)19-16-22(17-20-26)11-10-21-12-14-23(25)15-13-21/h4-6,8-15,22H,2-3,7,16-20H2,1H3. The minimum absolute atomic E-state index is 0.758. The van der Waals surface area contributed by atoms with Crippen molar-refractivity contribution in [3.63, 3.8) is 0 Å². The van der Waals surface area contributed by atoms with E-state index in [2.05, 4.69) is 89.6 Å². The van der Waals surface area contributed by atoms with Crippen LogP contribution in [0.1, 0.15) is 44.6 Å². The summed E-state index contributed by atoms with van der Waals surface area (Å²) in [4.78, 5) is 0. The molecule has 1 saturated heterocycles. The fraction of sp³-hybridized carbons (Fsp3) is 0.417. The van der Waals surface area contributed by atoms with Gasteiger partial charge < -0.3 is 0 Å². The van der Waals surface area contributed by atoms with Gasteiger partial charge in [0.15, 0.2) is 0 Å². The van der Waals surface area contributed by atoms with E-state index >= 15 is 0 Å². The smallest absolute Gasteiger partial charge is 0.0808 e. The van der Waals surface area contributed by atoms with Crippen LogP contribution in [0.2, 0.25) is 18.1 Å². The Kier molecular flexibility index (Phi) is 7.33. The molecule has 0 bridgehead atoms. The lowest BCUT2D eigenvalue weighted by atomic mass is 10.0. The van der Waals surface area contributed by atoms with Gasteiger partial charge in [-0.2, -0.15) is 0 Å². The van der Waals surface area contributed by atoms with Crippen molar-refractivity contribution >= 4 is 35.3 Å². The van der Waals surface area contributed by atoms with Gasteiger partial charge in [0.1, 0.15) is 0 Å². The predicted octanol–water partition coefficient (Wildman–Crippen LogP) is 7.42. The number of rotatable bonds is 7. The molecule has 0 nitrogen and oxygen atoms in total. The van der Waals surface area contributed by atoms with Gasteiger partial charge in [-0.05, 0) is 36.5 Å². The van der Waals surface area contributed by atoms with Gasteiger partial charge in [-0.3, -0.25) is 0 Å². The molecule has 138 valence electrons. The quantitative estimate of drug-likeness (QED) is 0.319. The van der Waals surface area contributed by atoms with Gasteiger partial charge in [0.2, 0.25) is 0 Å². The molecule has 2 aromatic carbocycles. The van der Waals surface area contributed by atoms with E-state index in [1.165, 1.54) is 55.8 Å². The highest BCUT2D eigenvalue weighted by molar-refractivity contribution is 9.10. The highest BCUT2D eigenvalue weighted by atomic mass is 79.9. The zero-order valence-electron chi connectivity index (χ0n) is 16.0. The van der Waals surface area contributed by atoms with Crippen LogP contribution in [0.4, 0.5) is 0 Å².